The number of aromatic nitrogens is 1. The second-order valence-electron chi connectivity index (χ2n) is 3.33. The first kappa shape index (κ1) is 12.8. The Bertz CT molecular complexity index is 647. The fourth-order valence-corrected chi connectivity index (χ4v) is 3.10. The van der Waals surface area contributed by atoms with Crippen molar-refractivity contribution < 1.29 is 9.90 Å². The number of thiazole rings is 1. The van der Waals surface area contributed by atoms with E-state index in [1.807, 2.05) is 6.26 Å². The molecule has 1 aromatic carbocycles. The highest BCUT2D eigenvalue weighted by Gasteiger charge is 2.11. The topological polar surface area (TPSA) is 62.5 Å². The van der Waals surface area contributed by atoms with Crippen molar-refractivity contribution in [1.82, 2.24) is 4.98 Å². The molecule has 1 aromatic heterocycles. The van der Waals surface area contributed by atoms with Crippen molar-refractivity contribution in [1.29, 1.82) is 0 Å². The van der Waals surface area contributed by atoms with Crippen LogP contribution in [-0.2, 0) is 0 Å². The molecule has 2 aromatic rings. The Kier molecular flexibility index (Phi) is 3.78. The van der Waals surface area contributed by atoms with Gasteiger partial charge < -0.3 is 5.11 Å². The fourth-order valence-electron chi connectivity index (χ4n) is 1.43. The van der Waals surface area contributed by atoms with Crippen molar-refractivity contribution in [2.24, 2.45) is 4.99 Å². The normalized spacial score (nSPS) is 11.7. The van der Waals surface area contributed by atoms with Gasteiger partial charge in [0.2, 0.25) is 0 Å². The zero-order valence-electron chi connectivity index (χ0n) is 9.58. The minimum Gasteiger partial charge on any atom is -0.478 e. The van der Waals surface area contributed by atoms with Gasteiger partial charge in [0, 0.05) is 6.20 Å². The monoisotopic (exact) mass is 278 g/mol. The minimum atomic E-state index is -0.934. The van der Waals surface area contributed by atoms with Crippen LogP contribution < -0.4 is 0 Å². The molecule has 6 heteroatoms. The molecule has 0 unspecified atom stereocenters. The molecule has 0 fully saturated rings. The summed E-state index contributed by atoms with van der Waals surface area (Å²) >= 11 is 2.91. The van der Waals surface area contributed by atoms with Crippen LogP contribution in [0, 0.1) is 0 Å². The third-order valence-electron chi connectivity index (χ3n) is 2.22. The Balaban J connectivity index is 2.53. The van der Waals surface area contributed by atoms with Gasteiger partial charge in [0.15, 0.2) is 0 Å². The standard InChI is InChI=1S/C12H10N2O2S2/c1-3-13-10(17-2)11-14-8-5-4-7(12(15)16)6-9(8)18-11/h3-6H,1H2,2H3,(H,15,16). The molecule has 0 amide bonds. The lowest BCUT2D eigenvalue weighted by Gasteiger charge is -1.93. The first-order valence-electron chi connectivity index (χ1n) is 5.02. The van der Waals surface area contributed by atoms with E-state index in [1.165, 1.54) is 29.3 Å². The zero-order chi connectivity index (χ0) is 13.1. The predicted octanol–water partition coefficient (Wildman–Crippen LogP) is 3.25. The zero-order valence-corrected chi connectivity index (χ0v) is 11.2. The van der Waals surface area contributed by atoms with E-state index in [2.05, 4.69) is 16.6 Å². The van der Waals surface area contributed by atoms with E-state index in [0.29, 0.717) is 0 Å². The summed E-state index contributed by atoms with van der Waals surface area (Å²) in [5.74, 6) is -0.934. The quantitative estimate of drug-likeness (QED) is 0.691. The van der Waals surface area contributed by atoms with Gasteiger partial charge in [-0.05, 0) is 24.5 Å². The highest BCUT2D eigenvalue weighted by atomic mass is 32.2. The van der Waals surface area contributed by atoms with Crippen molar-refractivity contribution in [2.75, 3.05) is 6.26 Å². The molecule has 0 bridgehead atoms. The average molecular weight is 278 g/mol. The summed E-state index contributed by atoms with van der Waals surface area (Å²) in [6, 6.07) is 4.90. The smallest absolute Gasteiger partial charge is 0.335 e. The molecule has 1 heterocycles. The molecule has 0 atom stereocenters. The number of hydrogen-bond donors (Lipinski definition) is 1. The molecule has 0 aliphatic heterocycles. The van der Waals surface area contributed by atoms with Crippen LogP contribution in [0.4, 0.5) is 0 Å². The van der Waals surface area contributed by atoms with Gasteiger partial charge in [-0.25, -0.2) is 14.8 Å². The van der Waals surface area contributed by atoms with Gasteiger partial charge in [0.05, 0.1) is 15.8 Å². The maximum Gasteiger partial charge on any atom is 0.335 e. The number of aromatic carboxylic acids is 1. The minimum absolute atomic E-state index is 0.268. The highest BCUT2D eigenvalue weighted by molar-refractivity contribution is 8.14. The highest BCUT2D eigenvalue weighted by Crippen LogP contribution is 2.26. The number of aliphatic imine (C=N–C) groups is 1. The predicted molar refractivity (Wildman–Crippen MR) is 76.8 cm³/mol. The SMILES string of the molecule is C=CN=C(SC)c1nc2ccc(C(=O)O)cc2s1. The van der Waals surface area contributed by atoms with E-state index in [4.69, 9.17) is 5.11 Å². The van der Waals surface area contributed by atoms with Crippen molar-refractivity contribution in [3.05, 3.63) is 41.5 Å². The molecule has 92 valence electrons. The van der Waals surface area contributed by atoms with Gasteiger partial charge in [-0.2, -0.15) is 0 Å². The summed E-state index contributed by atoms with van der Waals surface area (Å²) in [7, 11) is 0. The van der Waals surface area contributed by atoms with Crippen molar-refractivity contribution >= 4 is 44.3 Å². The molecular formula is C12H10N2O2S2. The van der Waals surface area contributed by atoms with Gasteiger partial charge in [0.1, 0.15) is 10.1 Å². The molecule has 18 heavy (non-hydrogen) atoms. The Morgan fingerprint density at radius 2 is 2.39 bits per heavy atom. The lowest BCUT2D eigenvalue weighted by atomic mass is 10.2. The number of hydrogen-bond acceptors (Lipinski definition) is 5. The van der Waals surface area contributed by atoms with Crippen molar-refractivity contribution in [3.8, 4) is 0 Å². The Morgan fingerprint density at radius 1 is 1.61 bits per heavy atom. The van der Waals surface area contributed by atoms with Crippen LogP contribution in [0.2, 0.25) is 0 Å². The average Bonchev–Trinajstić information content (AvgIpc) is 2.78. The fraction of sp³-hybridized carbons (Fsp3) is 0.0833. The molecule has 0 saturated heterocycles. The third-order valence-corrected chi connectivity index (χ3v) is 4.06. The number of nitrogens with zero attached hydrogens (tertiary/aromatic N) is 2. The van der Waals surface area contributed by atoms with Crippen LogP contribution >= 0.6 is 23.1 Å². The van der Waals surface area contributed by atoms with Crippen LogP contribution in [0.15, 0.2) is 36.0 Å². The summed E-state index contributed by atoms with van der Waals surface area (Å²) in [5, 5.41) is 10.5. The van der Waals surface area contributed by atoms with E-state index in [-0.39, 0.29) is 5.56 Å². The van der Waals surface area contributed by atoms with Gasteiger partial charge in [0.25, 0.3) is 0 Å². The number of carboxylic acids is 1. The van der Waals surface area contributed by atoms with E-state index < -0.39 is 5.97 Å². The Morgan fingerprint density at radius 3 is 3.00 bits per heavy atom. The van der Waals surface area contributed by atoms with E-state index in [0.717, 1.165) is 20.3 Å². The summed E-state index contributed by atoms with van der Waals surface area (Å²) in [6.45, 7) is 3.56. The molecular weight excluding hydrogens is 268 g/mol. The van der Waals surface area contributed by atoms with Crippen molar-refractivity contribution in [3.63, 3.8) is 0 Å². The Labute approximate surface area is 112 Å². The van der Waals surface area contributed by atoms with Gasteiger partial charge in [-0.3, -0.25) is 0 Å². The molecule has 0 aliphatic carbocycles. The lowest BCUT2D eigenvalue weighted by Crippen LogP contribution is -1.94. The van der Waals surface area contributed by atoms with Crippen molar-refractivity contribution in [2.45, 2.75) is 0 Å². The van der Waals surface area contributed by atoms with Crippen LogP contribution in [0.25, 0.3) is 10.2 Å². The lowest BCUT2D eigenvalue weighted by molar-refractivity contribution is 0.0697. The number of thioether (sulfide) groups is 1. The first-order valence-corrected chi connectivity index (χ1v) is 7.06. The molecule has 0 spiro atoms. The third kappa shape index (κ3) is 2.44. The number of carboxylic acid groups (broad SMARTS) is 1. The van der Waals surface area contributed by atoms with E-state index in [1.54, 1.807) is 18.2 Å². The van der Waals surface area contributed by atoms with Crippen LogP contribution in [0.5, 0.6) is 0 Å². The second kappa shape index (κ2) is 5.32. The first-order chi connectivity index (χ1) is 8.65. The maximum absolute atomic E-state index is 10.9. The summed E-state index contributed by atoms with van der Waals surface area (Å²) < 4.78 is 0.843. The summed E-state index contributed by atoms with van der Waals surface area (Å²) in [5.41, 5.74) is 1.05. The largest absolute Gasteiger partial charge is 0.478 e. The molecule has 1 N–H and O–H groups in total. The van der Waals surface area contributed by atoms with Crippen LogP contribution in [0.3, 0.4) is 0 Å². The van der Waals surface area contributed by atoms with E-state index >= 15 is 0 Å². The summed E-state index contributed by atoms with van der Waals surface area (Å²) in [4.78, 5) is 19.5. The number of carbonyl (C=O) groups is 1. The van der Waals surface area contributed by atoms with Gasteiger partial charge in [-0.15, -0.1) is 23.1 Å². The summed E-state index contributed by atoms with van der Waals surface area (Å²) in [6.07, 6.45) is 3.39. The Hall–Kier alpha value is -1.66. The van der Waals surface area contributed by atoms with E-state index in [9.17, 15) is 4.79 Å². The number of benzene rings is 1. The van der Waals surface area contributed by atoms with Crippen LogP contribution in [0.1, 0.15) is 15.4 Å². The number of fused-ring (bicyclic) bond motifs is 1. The maximum atomic E-state index is 10.9. The molecule has 0 aliphatic rings. The van der Waals surface area contributed by atoms with Crippen LogP contribution in [-0.4, -0.2) is 27.4 Å². The second-order valence-corrected chi connectivity index (χ2v) is 5.15. The molecule has 4 nitrogen and oxygen atoms in total. The van der Waals surface area contributed by atoms with Gasteiger partial charge >= 0.3 is 5.97 Å². The molecule has 0 saturated carbocycles. The molecule has 0 radical (unpaired) electrons. The number of rotatable bonds is 3. The van der Waals surface area contributed by atoms with Gasteiger partial charge in [-0.1, -0.05) is 6.58 Å². The molecule has 2 rings (SSSR count).